The molecule has 23 heavy (non-hydrogen) atoms. The van der Waals surface area contributed by atoms with Crippen molar-refractivity contribution in [1.29, 1.82) is 0 Å². The highest BCUT2D eigenvalue weighted by atomic mass is 79.9. The number of unbranched alkanes of at least 4 members (excludes halogenated alkanes) is 8. The van der Waals surface area contributed by atoms with E-state index in [1.807, 2.05) is 0 Å². The largest absolute Gasteiger partial charge is 0.331 e. The highest BCUT2D eigenvalue weighted by molar-refractivity contribution is 9.09. The number of methoxy groups -OCH3 is 3. The van der Waals surface area contributed by atoms with Crippen molar-refractivity contribution in [3.63, 3.8) is 0 Å². The van der Waals surface area contributed by atoms with Crippen LogP contribution < -0.4 is 0 Å². The van der Waals surface area contributed by atoms with Crippen LogP contribution in [-0.2, 0) is 14.2 Å². The highest BCUT2D eigenvalue weighted by Crippen LogP contribution is 2.33. The lowest BCUT2D eigenvalue weighted by Crippen LogP contribution is -2.44. The summed E-state index contributed by atoms with van der Waals surface area (Å²) < 4.78 is 16.9. The smallest absolute Gasteiger partial charge is 0.285 e. The van der Waals surface area contributed by atoms with Crippen LogP contribution in [0.2, 0.25) is 0 Å². The van der Waals surface area contributed by atoms with Gasteiger partial charge in [0.2, 0.25) is 0 Å². The van der Waals surface area contributed by atoms with Gasteiger partial charge in [0.05, 0.1) is 0 Å². The van der Waals surface area contributed by atoms with Crippen molar-refractivity contribution in [3.8, 4) is 0 Å². The Kier molecular flexibility index (Phi) is 16.1. The Hall–Kier alpha value is 0.360. The van der Waals surface area contributed by atoms with Gasteiger partial charge in [0, 0.05) is 32.6 Å². The molecule has 3 nitrogen and oxygen atoms in total. The molecular weight excluding hydrogens is 356 g/mol. The van der Waals surface area contributed by atoms with Gasteiger partial charge in [-0.15, -0.1) is 0 Å². The molecule has 4 heteroatoms. The number of ether oxygens (including phenoxy) is 3. The fourth-order valence-corrected chi connectivity index (χ4v) is 3.65. The van der Waals surface area contributed by atoms with E-state index in [0.717, 1.165) is 18.2 Å². The van der Waals surface area contributed by atoms with Gasteiger partial charge in [-0.1, -0.05) is 80.6 Å². The minimum Gasteiger partial charge on any atom is -0.331 e. The molecule has 0 amide bonds. The zero-order valence-electron chi connectivity index (χ0n) is 15.9. The van der Waals surface area contributed by atoms with Crippen LogP contribution in [0.4, 0.5) is 0 Å². The van der Waals surface area contributed by atoms with Crippen LogP contribution in [-0.4, -0.2) is 32.6 Å². The van der Waals surface area contributed by atoms with Gasteiger partial charge in [0.25, 0.3) is 5.97 Å². The Morgan fingerprint density at radius 1 is 0.696 bits per heavy atom. The second-order valence-electron chi connectivity index (χ2n) is 6.36. The second kappa shape index (κ2) is 15.9. The Bertz CT molecular complexity index is 237. The molecule has 0 saturated carbocycles. The van der Waals surface area contributed by atoms with Crippen molar-refractivity contribution < 1.29 is 14.2 Å². The van der Waals surface area contributed by atoms with Crippen molar-refractivity contribution in [2.45, 2.75) is 89.9 Å². The quantitative estimate of drug-likeness (QED) is 0.165. The van der Waals surface area contributed by atoms with E-state index in [1.54, 1.807) is 21.3 Å². The normalized spacial score (nSPS) is 13.4. The van der Waals surface area contributed by atoms with E-state index in [1.165, 1.54) is 64.2 Å². The Morgan fingerprint density at radius 2 is 1.13 bits per heavy atom. The zero-order valence-corrected chi connectivity index (χ0v) is 17.5. The summed E-state index contributed by atoms with van der Waals surface area (Å²) >= 11 is 3.50. The molecule has 1 unspecified atom stereocenters. The summed E-state index contributed by atoms with van der Waals surface area (Å²) in [5.74, 6) is -0.573. The topological polar surface area (TPSA) is 27.7 Å². The Morgan fingerprint density at radius 3 is 1.57 bits per heavy atom. The molecule has 0 aliphatic carbocycles. The first kappa shape index (κ1) is 23.4. The second-order valence-corrected chi connectivity index (χ2v) is 7.15. The van der Waals surface area contributed by atoms with Gasteiger partial charge in [-0.05, 0) is 19.3 Å². The molecule has 0 aromatic carbocycles. The van der Waals surface area contributed by atoms with Crippen molar-refractivity contribution >= 4 is 15.9 Å². The molecule has 140 valence electrons. The van der Waals surface area contributed by atoms with Crippen LogP contribution in [0.3, 0.4) is 0 Å². The molecule has 0 aromatic rings. The van der Waals surface area contributed by atoms with Gasteiger partial charge < -0.3 is 14.2 Å². The number of hydrogen-bond donors (Lipinski definition) is 0. The van der Waals surface area contributed by atoms with Gasteiger partial charge in [-0.25, -0.2) is 0 Å². The third-order valence-electron chi connectivity index (χ3n) is 4.70. The number of rotatable bonds is 17. The molecule has 0 radical (unpaired) electrons. The summed E-state index contributed by atoms with van der Waals surface area (Å²) in [6.45, 7) is 2.26. The van der Waals surface area contributed by atoms with Crippen molar-refractivity contribution in [1.82, 2.24) is 0 Å². The fourth-order valence-electron chi connectivity index (χ4n) is 3.26. The third-order valence-corrected chi connectivity index (χ3v) is 5.26. The first-order chi connectivity index (χ1) is 11.2. The van der Waals surface area contributed by atoms with E-state index in [4.69, 9.17) is 14.2 Å². The molecule has 0 saturated heterocycles. The van der Waals surface area contributed by atoms with E-state index in [-0.39, 0.29) is 0 Å². The first-order valence-corrected chi connectivity index (χ1v) is 10.5. The molecule has 0 aromatic heterocycles. The van der Waals surface area contributed by atoms with Gasteiger partial charge in [0.1, 0.15) is 0 Å². The lowest BCUT2D eigenvalue weighted by molar-refractivity contribution is -0.380. The lowest BCUT2D eigenvalue weighted by atomic mass is 9.92. The van der Waals surface area contributed by atoms with E-state index >= 15 is 0 Å². The minimum absolute atomic E-state index is 0.303. The van der Waals surface area contributed by atoms with Gasteiger partial charge in [-0.2, -0.15) is 0 Å². The summed E-state index contributed by atoms with van der Waals surface area (Å²) in [7, 11) is 5.06. The Labute approximate surface area is 153 Å². The molecular formula is C19H39BrO3. The summed E-state index contributed by atoms with van der Waals surface area (Å²) in [5, 5.41) is 1.10. The lowest BCUT2D eigenvalue weighted by Gasteiger charge is -2.36. The maximum absolute atomic E-state index is 5.62. The first-order valence-electron chi connectivity index (χ1n) is 9.42. The molecule has 0 bridgehead atoms. The highest BCUT2D eigenvalue weighted by Gasteiger charge is 2.39. The molecule has 0 aliphatic heterocycles. The van der Waals surface area contributed by atoms with E-state index < -0.39 is 5.97 Å². The monoisotopic (exact) mass is 394 g/mol. The van der Waals surface area contributed by atoms with Crippen LogP contribution in [0, 0.1) is 5.92 Å². The predicted molar refractivity (Wildman–Crippen MR) is 102 cm³/mol. The number of halogens is 1. The van der Waals surface area contributed by atoms with Crippen molar-refractivity contribution in [3.05, 3.63) is 0 Å². The Balaban J connectivity index is 4.31. The summed E-state index contributed by atoms with van der Waals surface area (Å²) in [5.41, 5.74) is 0. The minimum atomic E-state index is -0.876. The van der Waals surface area contributed by atoms with Crippen molar-refractivity contribution in [2.75, 3.05) is 26.7 Å². The zero-order chi connectivity index (χ0) is 17.4. The van der Waals surface area contributed by atoms with Crippen LogP contribution in [0.25, 0.3) is 0 Å². The molecule has 0 heterocycles. The molecule has 0 rings (SSSR count). The third kappa shape index (κ3) is 10.1. The molecule has 0 fully saturated rings. The number of alkyl halides is 1. The number of hydrogen-bond acceptors (Lipinski definition) is 3. The van der Waals surface area contributed by atoms with E-state index in [9.17, 15) is 0 Å². The van der Waals surface area contributed by atoms with E-state index in [2.05, 4.69) is 22.9 Å². The van der Waals surface area contributed by atoms with Crippen LogP contribution in [0.5, 0.6) is 0 Å². The van der Waals surface area contributed by atoms with Crippen LogP contribution in [0.1, 0.15) is 84.0 Å². The molecule has 1 atom stereocenters. The van der Waals surface area contributed by atoms with Crippen LogP contribution >= 0.6 is 15.9 Å². The molecule has 0 aliphatic rings. The van der Waals surface area contributed by atoms with Gasteiger partial charge >= 0.3 is 0 Å². The standard InChI is InChI=1S/C19H39BrO3/c1-5-6-7-8-9-12-15-18(16-13-10-11-14-17-20)19(21-2,22-3)23-4/h18H,5-17H2,1-4H3. The summed E-state index contributed by atoms with van der Waals surface area (Å²) in [4.78, 5) is 0. The molecule has 0 spiro atoms. The maximum atomic E-state index is 5.62. The SMILES string of the molecule is CCCCCCCCC(CCCCCCBr)C(OC)(OC)OC. The molecule has 0 N–H and O–H groups in total. The summed E-state index contributed by atoms with van der Waals surface area (Å²) in [6, 6.07) is 0. The maximum Gasteiger partial charge on any atom is 0.285 e. The van der Waals surface area contributed by atoms with Crippen LogP contribution in [0.15, 0.2) is 0 Å². The van der Waals surface area contributed by atoms with Gasteiger partial charge in [0.15, 0.2) is 0 Å². The van der Waals surface area contributed by atoms with E-state index in [0.29, 0.717) is 5.92 Å². The average molecular weight is 395 g/mol. The van der Waals surface area contributed by atoms with Crippen molar-refractivity contribution in [2.24, 2.45) is 5.92 Å². The van der Waals surface area contributed by atoms with Gasteiger partial charge in [-0.3, -0.25) is 0 Å². The predicted octanol–water partition coefficient (Wildman–Crippen LogP) is 6.29. The average Bonchev–Trinajstić information content (AvgIpc) is 2.58. The fraction of sp³-hybridized carbons (Fsp3) is 1.00. The summed E-state index contributed by atoms with van der Waals surface area (Å²) in [6.07, 6.45) is 15.1.